The van der Waals surface area contributed by atoms with Gasteiger partial charge in [-0.2, -0.15) is 0 Å². The van der Waals surface area contributed by atoms with E-state index in [1.54, 1.807) is 0 Å². The van der Waals surface area contributed by atoms with Crippen LogP contribution in [0.3, 0.4) is 0 Å². The first-order valence-electron chi connectivity index (χ1n) is 6.78. The maximum absolute atomic E-state index is 12.2. The van der Waals surface area contributed by atoms with E-state index in [2.05, 4.69) is 59.7 Å². The molecule has 2 rings (SSSR count). The number of hydrogen-bond acceptors (Lipinski definition) is 1. The van der Waals surface area contributed by atoms with Crippen LogP contribution in [-0.4, -0.2) is 5.78 Å². The van der Waals surface area contributed by atoms with E-state index in [1.807, 2.05) is 0 Å². The molecule has 1 nitrogen and oxygen atoms in total. The summed E-state index contributed by atoms with van der Waals surface area (Å²) in [6.07, 6.45) is 0.673. The van der Waals surface area contributed by atoms with Crippen LogP contribution in [0.2, 0.25) is 0 Å². The molecular formula is C17H24O. The van der Waals surface area contributed by atoms with Crippen LogP contribution in [0.5, 0.6) is 0 Å². The molecule has 0 heterocycles. The Bertz CT molecular complexity index is 483. The molecule has 1 atom stereocenters. The molecule has 1 aliphatic carbocycles. The Morgan fingerprint density at radius 2 is 1.67 bits per heavy atom. The van der Waals surface area contributed by atoms with Crippen molar-refractivity contribution in [3.05, 3.63) is 34.9 Å². The summed E-state index contributed by atoms with van der Waals surface area (Å²) in [7, 11) is 0. The van der Waals surface area contributed by atoms with Crippen molar-refractivity contribution in [1.82, 2.24) is 0 Å². The second kappa shape index (κ2) is 3.94. The van der Waals surface area contributed by atoms with Crippen LogP contribution in [0.15, 0.2) is 18.2 Å². The first-order valence-corrected chi connectivity index (χ1v) is 6.78. The topological polar surface area (TPSA) is 17.1 Å². The molecule has 0 amide bonds. The summed E-state index contributed by atoms with van der Waals surface area (Å²) in [4.78, 5) is 12.2. The highest BCUT2D eigenvalue weighted by Crippen LogP contribution is 2.45. The summed E-state index contributed by atoms with van der Waals surface area (Å²) in [5.41, 5.74) is 3.73. The average Bonchev–Trinajstić information content (AvgIpc) is 2.54. The molecule has 0 radical (unpaired) electrons. The van der Waals surface area contributed by atoms with Gasteiger partial charge in [0.2, 0.25) is 0 Å². The molecule has 0 saturated carbocycles. The smallest absolute Gasteiger partial charge is 0.163 e. The van der Waals surface area contributed by atoms with Gasteiger partial charge in [-0.15, -0.1) is 0 Å². The van der Waals surface area contributed by atoms with Gasteiger partial charge in [-0.1, -0.05) is 53.7 Å². The maximum Gasteiger partial charge on any atom is 0.163 e. The monoisotopic (exact) mass is 244 g/mol. The Morgan fingerprint density at radius 3 is 2.17 bits per heavy atom. The molecule has 0 fully saturated rings. The molecule has 1 aromatic rings. The number of benzene rings is 1. The van der Waals surface area contributed by atoms with Gasteiger partial charge in [-0.05, 0) is 33.9 Å². The first kappa shape index (κ1) is 13.3. The summed E-state index contributed by atoms with van der Waals surface area (Å²) >= 11 is 0. The van der Waals surface area contributed by atoms with Crippen molar-refractivity contribution in [1.29, 1.82) is 0 Å². The van der Waals surface area contributed by atoms with Crippen LogP contribution < -0.4 is 0 Å². The lowest BCUT2D eigenvalue weighted by molar-refractivity contribution is 0.0974. The number of ketones is 1. The highest BCUT2D eigenvalue weighted by atomic mass is 16.1. The van der Waals surface area contributed by atoms with Gasteiger partial charge >= 0.3 is 0 Å². The Hall–Kier alpha value is -1.11. The van der Waals surface area contributed by atoms with E-state index in [1.165, 1.54) is 11.1 Å². The highest BCUT2D eigenvalue weighted by molar-refractivity contribution is 6.01. The summed E-state index contributed by atoms with van der Waals surface area (Å²) in [6.45, 7) is 13.2. The van der Waals surface area contributed by atoms with Crippen LogP contribution in [0.4, 0.5) is 0 Å². The number of carbonyl (C=O) groups is 1. The van der Waals surface area contributed by atoms with Crippen LogP contribution >= 0.6 is 0 Å². The van der Waals surface area contributed by atoms with Crippen molar-refractivity contribution < 1.29 is 4.79 Å². The van der Waals surface area contributed by atoms with Crippen LogP contribution in [0.25, 0.3) is 0 Å². The third-order valence-corrected chi connectivity index (χ3v) is 4.03. The van der Waals surface area contributed by atoms with E-state index >= 15 is 0 Å². The fraction of sp³-hybridized carbons (Fsp3) is 0.588. The van der Waals surface area contributed by atoms with Crippen molar-refractivity contribution in [3.8, 4) is 0 Å². The highest BCUT2D eigenvalue weighted by Gasteiger charge is 2.37. The second-order valence-corrected chi connectivity index (χ2v) is 7.60. The van der Waals surface area contributed by atoms with E-state index in [9.17, 15) is 4.79 Å². The zero-order valence-corrected chi connectivity index (χ0v) is 12.4. The molecule has 18 heavy (non-hydrogen) atoms. The zero-order chi connectivity index (χ0) is 13.7. The second-order valence-electron chi connectivity index (χ2n) is 7.60. The van der Waals surface area contributed by atoms with E-state index in [4.69, 9.17) is 0 Å². The summed E-state index contributed by atoms with van der Waals surface area (Å²) in [6, 6.07) is 6.48. The van der Waals surface area contributed by atoms with Crippen LogP contribution in [-0.2, 0) is 5.41 Å². The molecule has 1 heteroatoms. The number of carbonyl (C=O) groups excluding carboxylic acids is 1. The minimum absolute atomic E-state index is 0.106. The molecule has 1 aromatic carbocycles. The molecule has 1 aliphatic rings. The zero-order valence-electron chi connectivity index (χ0n) is 12.4. The molecule has 0 aromatic heterocycles. The molecule has 0 aliphatic heterocycles. The van der Waals surface area contributed by atoms with Crippen molar-refractivity contribution in [2.45, 2.75) is 59.3 Å². The Morgan fingerprint density at radius 1 is 1.06 bits per heavy atom. The molecule has 0 bridgehead atoms. The number of rotatable bonds is 0. The standard InChI is InChI=1S/C17H24O/c1-16(2,3)11-7-8-12-13(9-11)15(18)10-14(12)17(4,5)6/h7-9,14H,10H2,1-6H3. The minimum atomic E-state index is 0.106. The van der Waals surface area contributed by atoms with Gasteiger partial charge < -0.3 is 0 Å². The fourth-order valence-corrected chi connectivity index (χ4v) is 2.75. The Balaban J connectivity index is 2.50. The van der Waals surface area contributed by atoms with Crippen molar-refractivity contribution >= 4 is 5.78 Å². The number of hydrogen-bond donors (Lipinski definition) is 0. The van der Waals surface area contributed by atoms with Crippen LogP contribution in [0, 0.1) is 5.41 Å². The van der Waals surface area contributed by atoms with E-state index in [0.717, 1.165) is 5.56 Å². The van der Waals surface area contributed by atoms with Gasteiger partial charge in [0.15, 0.2) is 5.78 Å². The molecular weight excluding hydrogens is 220 g/mol. The largest absolute Gasteiger partial charge is 0.294 e. The third-order valence-electron chi connectivity index (χ3n) is 4.03. The van der Waals surface area contributed by atoms with E-state index < -0.39 is 0 Å². The van der Waals surface area contributed by atoms with Gasteiger partial charge in [0.25, 0.3) is 0 Å². The van der Waals surface area contributed by atoms with Gasteiger partial charge in [-0.3, -0.25) is 4.79 Å². The predicted octanol–water partition coefficient (Wildman–Crippen LogP) is 4.70. The Labute approximate surface area is 111 Å². The molecule has 98 valence electrons. The van der Waals surface area contributed by atoms with Gasteiger partial charge in [0, 0.05) is 12.0 Å². The lowest BCUT2D eigenvalue weighted by Crippen LogP contribution is -2.16. The lowest BCUT2D eigenvalue weighted by atomic mass is 9.76. The molecule has 0 saturated heterocycles. The van der Waals surface area contributed by atoms with Crippen molar-refractivity contribution in [2.75, 3.05) is 0 Å². The number of Topliss-reactive ketones (excluding diaryl/α,β-unsaturated/α-hetero) is 1. The lowest BCUT2D eigenvalue weighted by Gasteiger charge is -2.27. The fourth-order valence-electron chi connectivity index (χ4n) is 2.75. The SMILES string of the molecule is CC(C)(C)c1ccc2c(c1)C(=O)CC2C(C)(C)C. The van der Waals surface area contributed by atoms with Gasteiger partial charge in [0.05, 0.1) is 0 Å². The van der Waals surface area contributed by atoms with Gasteiger partial charge in [0.1, 0.15) is 0 Å². The van der Waals surface area contributed by atoms with Crippen LogP contribution in [0.1, 0.15) is 75.4 Å². The van der Waals surface area contributed by atoms with Crippen molar-refractivity contribution in [2.24, 2.45) is 5.41 Å². The summed E-state index contributed by atoms with van der Waals surface area (Å²) in [5, 5.41) is 0. The minimum Gasteiger partial charge on any atom is -0.294 e. The average molecular weight is 244 g/mol. The molecule has 0 spiro atoms. The van der Waals surface area contributed by atoms with E-state index in [0.29, 0.717) is 18.1 Å². The van der Waals surface area contributed by atoms with Crippen molar-refractivity contribution in [3.63, 3.8) is 0 Å². The predicted molar refractivity (Wildman–Crippen MR) is 76.3 cm³/mol. The quantitative estimate of drug-likeness (QED) is 0.646. The van der Waals surface area contributed by atoms with E-state index in [-0.39, 0.29) is 10.8 Å². The summed E-state index contributed by atoms with van der Waals surface area (Å²) in [5.74, 6) is 0.685. The number of fused-ring (bicyclic) bond motifs is 1. The normalized spacial score (nSPS) is 20.1. The molecule has 0 N–H and O–H groups in total. The first-order chi connectivity index (χ1) is 8.10. The Kier molecular flexibility index (Phi) is 2.92. The maximum atomic E-state index is 12.2. The summed E-state index contributed by atoms with van der Waals surface area (Å²) < 4.78 is 0. The van der Waals surface area contributed by atoms with Gasteiger partial charge in [-0.25, -0.2) is 0 Å². The molecule has 1 unspecified atom stereocenters. The third kappa shape index (κ3) is 2.23.